The van der Waals surface area contributed by atoms with Gasteiger partial charge in [-0.05, 0) is 93.8 Å². The zero-order valence-electron chi connectivity index (χ0n) is 29.7. The van der Waals surface area contributed by atoms with E-state index in [1.165, 1.54) is 31.3 Å². The third-order valence-corrected chi connectivity index (χ3v) is 10.3. The Labute approximate surface area is 270 Å². The molecule has 4 nitrogen and oxygen atoms in total. The highest BCUT2D eigenvalue weighted by molar-refractivity contribution is 5.97. The fraction of sp³-hybridized carbons (Fsp3) is 0.725. The average Bonchev–Trinajstić information content (AvgIpc) is 2.89. The summed E-state index contributed by atoms with van der Waals surface area (Å²) in [5, 5.41) is 30.1. The first-order valence-corrected chi connectivity index (χ1v) is 17.5. The third-order valence-electron chi connectivity index (χ3n) is 10.3. The molecule has 0 amide bonds. The predicted octanol–water partition coefficient (Wildman–Crippen LogP) is 9.47. The van der Waals surface area contributed by atoms with E-state index in [0.717, 1.165) is 36.8 Å². The van der Waals surface area contributed by atoms with Gasteiger partial charge in [0.05, 0.1) is 18.8 Å². The average molecular weight is 611 g/mol. The van der Waals surface area contributed by atoms with Crippen LogP contribution < -0.4 is 0 Å². The van der Waals surface area contributed by atoms with Crippen LogP contribution in [-0.4, -0.2) is 39.9 Å². The quantitative estimate of drug-likeness (QED) is 0.113. The van der Waals surface area contributed by atoms with Gasteiger partial charge in [-0.2, -0.15) is 0 Å². The largest absolute Gasteiger partial charge is 0.393 e. The summed E-state index contributed by atoms with van der Waals surface area (Å²) in [4.78, 5) is 13.0. The maximum atomic E-state index is 13.0. The van der Waals surface area contributed by atoms with Crippen molar-refractivity contribution in [1.29, 1.82) is 0 Å². The van der Waals surface area contributed by atoms with Gasteiger partial charge >= 0.3 is 0 Å². The molecule has 0 fully saturated rings. The summed E-state index contributed by atoms with van der Waals surface area (Å²) in [6.07, 6.45) is 23.0. The number of hydrogen-bond donors (Lipinski definition) is 3. The molecule has 0 saturated heterocycles. The first-order valence-electron chi connectivity index (χ1n) is 17.5. The van der Waals surface area contributed by atoms with E-state index in [2.05, 4.69) is 79.7 Å². The normalized spacial score (nSPS) is 26.2. The molecule has 250 valence electrons. The van der Waals surface area contributed by atoms with Crippen molar-refractivity contribution in [3.8, 4) is 0 Å². The van der Waals surface area contributed by atoms with Gasteiger partial charge < -0.3 is 15.3 Å². The van der Waals surface area contributed by atoms with E-state index in [-0.39, 0.29) is 35.4 Å². The Kier molecular flexibility index (Phi) is 15.6. The van der Waals surface area contributed by atoms with Crippen LogP contribution in [0.4, 0.5) is 0 Å². The van der Waals surface area contributed by atoms with Crippen molar-refractivity contribution in [2.45, 2.75) is 145 Å². The predicted molar refractivity (Wildman–Crippen MR) is 186 cm³/mol. The molecule has 44 heavy (non-hydrogen) atoms. The van der Waals surface area contributed by atoms with Crippen LogP contribution in [0.15, 0.2) is 58.7 Å². The minimum Gasteiger partial charge on any atom is -0.393 e. The van der Waals surface area contributed by atoms with E-state index in [0.29, 0.717) is 48.5 Å². The molecule has 2 rings (SSSR count). The number of carbonyl (C=O) groups is 1. The molecule has 0 heterocycles. The molecule has 0 saturated carbocycles. The first-order chi connectivity index (χ1) is 20.6. The van der Waals surface area contributed by atoms with Crippen LogP contribution in [0.5, 0.6) is 0 Å². The van der Waals surface area contributed by atoms with Gasteiger partial charge in [-0.15, -0.1) is 0 Å². The Morgan fingerprint density at radius 1 is 0.955 bits per heavy atom. The molecule has 0 aromatic heterocycles. The smallest absolute Gasteiger partial charge is 0.164 e. The Hall–Kier alpha value is -1.75. The van der Waals surface area contributed by atoms with Crippen molar-refractivity contribution in [1.82, 2.24) is 0 Å². The molecule has 2 aliphatic carbocycles. The molecule has 2 aliphatic rings. The zero-order valence-corrected chi connectivity index (χ0v) is 29.7. The first kappa shape index (κ1) is 38.4. The van der Waals surface area contributed by atoms with Crippen molar-refractivity contribution < 1.29 is 20.1 Å². The van der Waals surface area contributed by atoms with Crippen LogP contribution in [0.3, 0.4) is 0 Å². The van der Waals surface area contributed by atoms with Gasteiger partial charge in [0.2, 0.25) is 0 Å². The van der Waals surface area contributed by atoms with E-state index in [1.54, 1.807) is 0 Å². The lowest BCUT2D eigenvalue weighted by Gasteiger charge is -2.39. The number of allylic oxidation sites excluding steroid dienone is 7. The van der Waals surface area contributed by atoms with Crippen LogP contribution in [0.25, 0.3) is 0 Å². The minimum absolute atomic E-state index is 0.00933. The minimum atomic E-state index is -0.337. The summed E-state index contributed by atoms with van der Waals surface area (Å²) in [5.41, 5.74) is 3.95. The maximum Gasteiger partial charge on any atom is 0.164 e. The summed E-state index contributed by atoms with van der Waals surface area (Å²) < 4.78 is 0. The van der Waals surface area contributed by atoms with Crippen molar-refractivity contribution in [2.75, 3.05) is 6.61 Å². The van der Waals surface area contributed by atoms with Crippen LogP contribution in [0, 0.1) is 34.5 Å². The van der Waals surface area contributed by atoms with E-state index in [4.69, 9.17) is 0 Å². The van der Waals surface area contributed by atoms with Crippen LogP contribution in [-0.2, 0) is 4.79 Å². The Morgan fingerprint density at radius 2 is 1.64 bits per heavy atom. The van der Waals surface area contributed by atoms with Gasteiger partial charge in [0.1, 0.15) is 0 Å². The molecule has 0 aliphatic heterocycles. The number of ketones is 1. The molecule has 3 unspecified atom stereocenters. The van der Waals surface area contributed by atoms with Gasteiger partial charge in [0, 0.05) is 17.9 Å². The summed E-state index contributed by atoms with van der Waals surface area (Å²) >= 11 is 0. The molecule has 0 aromatic rings. The number of carbonyl (C=O) groups excluding carboxylic acids is 1. The zero-order chi connectivity index (χ0) is 33.1. The lowest BCUT2D eigenvalue weighted by atomic mass is 9.67. The van der Waals surface area contributed by atoms with E-state index in [9.17, 15) is 20.1 Å². The second-order valence-electron chi connectivity index (χ2n) is 15.8. The molecule has 4 heteroatoms. The number of aliphatic hydroxyl groups excluding tert-OH is 3. The summed E-state index contributed by atoms with van der Waals surface area (Å²) in [7, 11) is 0. The Bertz CT molecular complexity index is 1070. The Morgan fingerprint density at radius 3 is 2.27 bits per heavy atom. The van der Waals surface area contributed by atoms with Crippen LogP contribution in [0.2, 0.25) is 0 Å². The molecule has 0 aromatic carbocycles. The number of rotatable bonds is 17. The monoisotopic (exact) mass is 610 g/mol. The van der Waals surface area contributed by atoms with Crippen LogP contribution in [0.1, 0.15) is 133 Å². The lowest BCUT2D eigenvalue weighted by Crippen LogP contribution is -2.32. The van der Waals surface area contributed by atoms with E-state index >= 15 is 0 Å². The molecule has 0 radical (unpaired) electrons. The third kappa shape index (κ3) is 12.6. The van der Waals surface area contributed by atoms with Gasteiger partial charge in [0.15, 0.2) is 5.78 Å². The fourth-order valence-corrected chi connectivity index (χ4v) is 7.59. The van der Waals surface area contributed by atoms with Gasteiger partial charge in [-0.25, -0.2) is 0 Å². The van der Waals surface area contributed by atoms with E-state index < -0.39 is 0 Å². The van der Waals surface area contributed by atoms with Crippen LogP contribution >= 0.6 is 0 Å². The van der Waals surface area contributed by atoms with Gasteiger partial charge in [0.25, 0.3) is 0 Å². The summed E-state index contributed by atoms with van der Waals surface area (Å²) in [6.45, 7) is 19.6. The topological polar surface area (TPSA) is 77.8 Å². The molecule has 0 bridgehead atoms. The second-order valence-corrected chi connectivity index (χ2v) is 15.8. The highest BCUT2D eigenvalue weighted by Crippen LogP contribution is 2.43. The molecule has 3 N–H and O–H groups in total. The SMILES string of the molecule is CC1=C[C@H](O)CC(C)(C)[C@H]1/C=C/C(C)CCCC(C)CC/C=C/C(C)CC/C=C(\CO)C(=O)CC1=C(C)C[C@@H](O)CC1(C)C. The van der Waals surface area contributed by atoms with Crippen molar-refractivity contribution in [3.05, 3.63) is 58.7 Å². The standard InChI is InChI=1S/C40H66O4/c1-28(16-12-17-30(3)20-21-36-31(4)22-34(42)25-39(36,6)7)14-10-11-15-29(2)18-13-19-33(27-41)38(44)24-37-32(5)23-35(43)26-40(37,8)9/h11,15,19-22,28-30,34-36,41-43H,10,12-14,16-18,23-27H2,1-9H3/b15-11+,21-20+,33-19+/t28?,29?,30?,34-,35+,36-/m0/s1. The second kappa shape index (κ2) is 17.8. The van der Waals surface area contributed by atoms with Crippen molar-refractivity contribution in [3.63, 3.8) is 0 Å². The van der Waals surface area contributed by atoms with Gasteiger partial charge in [-0.3, -0.25) is 4.79 Å². The lowest BCUT2D eigenvalue weighted by molar-refractivity contribution is -0.115. The van der Waals surface area contributed by atoms with Crippen molar-refractivity contribution in [2.24, 2.45) is 34.5 Å². The highest BCUT2D eigenvalue weighted by Gasteiger charge is 2.35. The molecule has 6 atom stereocenters. The fourth-order valence-electron chi connectivity index (χ4n) is 7.59. The number of aliphatic hydroxyl groups is 3. The van der Waals surface area contributed by atoms with Crippen molar-refractivity contribution >= 4 is 5.78 Å². The maximum absolute atomic E-state index is 13.0. The Balaban J connectivity index is 1.68. The number of Topliss-reactive ketones (excluding diaryl/α,β-unsaturated/α-hetero) is 1. The summed E-state index contributed by atoms with van der Waals surface area (Å²) in [5.74, 6) is 2.14. The molecule has 0 spiro atoms. The summed E-state index contributed by atoms with van der Waals surface area (Å²) in [6, 6.07) is 0. The van der Waals surface area contributed by atoms with E-state index in [1.807, 2.05) is 19.1 Å². The van der Waals surface area contributed by atoms with Gasteiger partial charge in [-0.1, -0.05) is 114 Å². The molecular weight excluding hydrogens is 544 g/mol. The number of hydrogen-bond acceptors (Lipinski definition) is 4. The highest BCUT2D eigenvalue weighted by atomic mass is 16.3. The molecular formula is C40H66O4.